The summed E-state index contributed by atoms with van der Waals surface area (Å²) < 4.78 is 38.5. The molecule has 3 N–H and O–H groups in total. The molecule has 19 heavy (non-hydrogen) atoms. The van der Waals surface area contributed by atoms with Crippen molar-refractivity contribution < 1.29 is 13.2 Å². The van der Waals surface area contributed by atoms with Gasteiger partial charge in [-0.15, -0.1) is 0 Å². The first-order valence-corrected chi connectivity index (χ1v) is 6.62. The molecule has 0 radical (unpaired) electrons. The van der Waals surface area contributed by atoms with Crippen molar-refractivity contribution in [3.63, 3.8) is 0 Å². The van der Waals surface area contributed by atoms with Crippen LogP contribution in [0.4, 0.5) is 18.9 Å². The molecule has 2 unspecified atom stereocenters. The number of hydrogen-bond donors (Lipinski definition) is 2. The van der Waals surface area contributed by atoms with Crippen LogP contribution in [-0.4, -0.2) is 13.1 Å². The van der Waals surface area contributed by atoms with Gasteiger partial charge in [-0.25, -0.2) is 0 Å². The summed E-state index contributed by atoms with van der Waals surface area (Å²) in [6.45, 7) is 1.18. The zero-order chi connectivity index (χ0) is 13.9. The smallest absolute Gasteiger partial charge is 0.384 e. The predicted octanol–water partition coefficient (Wildman–Crippen LogP) is 3.49. The van der Waals surface area contributed by atoms with Crippen LogP contribution in [0.15, 0.2) is 24.3 Å². The summed E-state index contributed by atoms with van der Waals surface area (Å²) in [4.78, 5) is 0. The van der Waals surface area contributed by atoms with Crippen molar-refractivity contribution in [2.75, 3.05) is 18.4 Å². The molecule has 0 aliphatic heterocycles. The lowest BCUT2D eigenvalue weighted by Gasteiger charge is -2.20. The highest BCUT2D eigenvalue weighted by molar-refractivity contribution is 5.52. The number of alkyl halides is 3. The minimum atomic E-state index is -4.31. The van der Waals surface area contributed by atoms with E-state index in [0.29, 0.717) is 24.9 Å². The Labute approximate surface area is 111 Å². The summed E-state index contributed by atoms with van der Waals surface area (Å²) in [5, 5.41) is 2.95. The van der Waals surface area contributed by atoms with Gasteiger partial charge < -0.3 is 11.1 Å². The average Bonchev–Trinajstić information content (AvgIpc) is 2.83. The van der Waals surface area contributed by atoms with Gasteiger partial charge in [0, 0.05) is 12.2 Å². The van der Waals surface area contributed by atoms with E-state index >= 15 is 0 Å². The Morgan fingerprint density at radius 3 is 2.53 bits per heavy atom. The van der Waals surface area contributed by atoms with Gasteiger partial charge in [0.2, 0.25) is 0 Å². The Kier molecular flexibility index (Phi) is 4.34. The van der Waals surface area contributed by atoms with Crippen LogP contribution >= 0.6 is 0 Å². The van der Waals surface area contributed by atoms with Crippen LogP contribution in [-0.2, 0) is 6.18 Å². The van der Waals surface area contributed by atoms with Gasteiger partial charge in [0.05, 0.1) is 5.56 Å². The summed E-state index contributed by atoms with van der Waals surface area (Å²) in [6.07, 6.45) is -1.06. The molecule has 1 aliphatic carbocycles. The summed E-state index contributed by atoms with van der Waals surface area (Å²) in [7, 11) is 0. The SMILES string of the molecule is NCC1CCCC1CNc1ccccc1C(F)(F)F. The second-order valence-electron chi connectivity index (χ2n) is 5.11. The average molecular weight is 272 g/mol. The Morgan fingerprint density at radius 1 is 1.16 bits per heavy atom. The number of hydrogen-bond acceptors (Lipinski definition) is 2. The number of halogens is 3. The lowest BCUT2D eigenvalue weighted by molar-refractivity contribution is -0.136. The van der Waals surface area contributed by atoms with Crippen molar-refractivity contribution in [2.24, 2.45) is 17.6 Å². The van der Waals surface area contributed by atoms with E-state index in [1.807, 2.05) is 0 Å². The van der Waals surface area contributed by atoms with Crippen LogP contribution < -0.4 is 11.1 Å². The van der Waals surface area contributed by atoms with E-state index in [0.717, 1.165) is 25.3 Å². The van der Waals surface area contributed by atoms with Gasteiger partial charge in [0.1, 0.15) is 0 Å². The van der Waals surface area contributed by atoms with Crippen molar-refractivity contribution >= 4 is 5.69 Å². The first-order chi connectivity index (χ1) is 9.02. The highest BCUT2D eigenvalue weighted by Crippen LogP contribution is 2.36. The zero-order valence-electron chi connectivity index (χ0n) is 10.7. The molecule has 1 saturated carbocycles. The maximum atomic E-state index is 12.8. The van der Waals surface area contributed by atoms with Crippen LogP contribution in [0.3, 0.4) is 0 Å². The summed E-state index contributed by atoms with van der Waals surface area (Å²) in [5.74, 6) is 0.817. The zero-order valence-corrected chi connectivity index (χ0v) is 10.7. The number of nitrogens with one attached hydrogen (secondary N) is 1. The number of benzene rings is 1. The molecule has 1 aromatic rings. The molecule has 0 bridgehead atoms. The number of para-hydroxylation sites is 1. The third kappa shape index (κ3) is 3.41. The van der Waals surface area contributed by atoms with Crippen LogP contribution in [0.1, 0.15) is 24.8 Å². The minimum Gasteiger partial charge on any atom is -0.384 e. The largest absolute Gasteiger partial charge is 0.418 e. The summed E-state index contributed by atoms with van der Waals surface area (Å²) >= 11 is 0. The van der Waals surface area contributed by atoms with Gasteiger partial charge in [-0.1, -0.05) is 18.6 Å². The Morgan fingerprint density at radius 2 is 1.84 bits per heavy atom. The van der Waals surface area contributed by atoms with Crippen molar-refractivity contribution in [3.8, 4) is 0 Å². The van der Waals surface area contributed by atoms with E-state index in [1.54, 1.807) is 6.07 Å². The topological polar surface area (TPSA) is 38.0 Å². The maximum absolute atomic E-state index is 12.8. The first-order valence-electron chi connectivity index (χ1n) is 6.62. The van der Waals surface area contributed by atoms with Crippen molar-refractivity contribution in [1.82, 2.24) is 0 Å². The van der Waals surface area contributed by atoms with Gasteiger partial charge in [-0.05, 0) is 43.4 Å². The number of rotatable bonds is 4. The van der Waals surface area contributed by atoms with Gasteiger partial charge in [0.25, 0.3) is 0 Å². The lowest BCUT2D eigenvalue weighted by atomic mass is 9.96. The number of nitrogens with two attached hydrogens (primary N) is 1. The Bertz CT molecular complexity index is 417. The van der Waals surface area contributed by atoms with E-state index in [-0.39, 0.29) is 5.69 Å². The quantitative estimate of drug-likeness (QED) is 0.880. The van der Waals surface area contributed by atoms with E-state index < -0.39 is 11.7 Å². The molecule has 0 spiro atoms. The third-order valence-corrected chi connectivity index (χ3v) is 3.91. The third-order valence-electron chi connectivity index (χ3n) is 3.91. The fraction of sp³-hybridized carbons (Fsp3) is 0.571. The van der Waals surface area contributed by atoms with Crippen molar-refractivity contribution in [2.45, 2.75) is 25.4 Å². The van der Waals surface area contributed by atoms with Crippen LogP contribution in [0.5, 0.6) is 0 Å². The van der Waals surface area contributed by atoms with Crippen LogP contribution in [0, 0.1) is 11.8 Å². The second kappa shape index (κ2) is 5.82. The highest BCUT2D eigenvalue weighted by Gasteiger charge is 2.33. The maximum Gasteiger partial charge on any atom is 0.418 e. The molecule has 5 heteroatoms. The molecular weight excluding hydrogens is 253 g/mol. The fourth-order valence-corrected chi connectivity index (χ4v) is 2.82. The van der Waals surface area contributed by atoms with Crippen molar-refractivity contribution in [3.05, 3.63) is 29.8 Å². The van der Waals surface area contributed by atoms with E-state index in [1.165, 1.54) is 12.1 Å². The molecule has 1 aromatic carbocycles. The molecule has 2 nitrogen and oxygen atoms in total. The summed E-state index contributed by atoms with van der Waals surface area (Å²) in [6, 6.07) is 5.62. The number of anilines is 1. The molecule has 1 fully saturated rings. The van der Waals surface area contributed by atoms with Crippen LogP contribution in [0.25, 0.3) is 0 Å². The molecule has 1 aliphatic rings. The van der Waals surface area contributed by atoms with Crippen molar-refractivity contribution in [1.29, 1.82) is 0 Å². The predicted molar refractivity (Wildman–Crippen MR) is 69.8 cm³/mol. The highest BCUT2D eigenvalue weighted by atomic mass is 19.4. The molecule has 0 amide bonds. The first kappa shape index (κ1) is 14.2. The van der Waals surface area contributed by atoms with E-state index in [2.05, 4.69) is 5.32 Å². The lowest BCUT2D eigenvalue weighted by Crippen LogP contribution is -2.25. The van der Waals surface area contributed by atoms with E-state index in [9.17, 15) is 13.2 Å². The van der Waals surface area contributed by atoms with Gasteiger partial charge >= 0.3 is 6.18 Å². The molecular formula is C14H19F3N2. The molecule has 2 atom stereocenters. The Hall–Kier alpha value is -1.23. The van der Waals surface area contributed by atoms with Crippen LogP contribution in [0.2, 0.25) is 0 Å². The molecule has 0 saturated heterocycles. The van der Waals surface area contributed by atoms with Gasteiger partial charge in [-0.3, -0.25) is 0 Å². The van der Waals surface area contributed by atoms with E-state index in [4.69, 9.17) is 5.73 Å². The van der Waals surface area contributed by atoms with Gasteiger partial charge in [0.15, 0.2) is 0 Å². The molecule has 0 heterocycles. The van der Waals surface area contributed by atoms with Gasteiger partial charge in [-0.2, -0.15) is 13.2 Å². The standard InChI is InChI=1S/C14H19F3N2/c15-14(16,17)12-6-1-2-7-13(12)19-9-11-5-3-4-10(11)8-18/h1-2,6-7,10-11,19H,3-5,8-9,18H2. The summed E-state index contributed by atoms with van der Waals surface area (Å²) in [5.41, 5.74) is 5.25. The second-order valence-corrected chi connectivity index (χ2v) is 5.11. The molecule has 106 valence electrons. The fourth-order valence-electron chi connectivity index (χ4n) is 2.82. The molecule has 0 aromatic heterocycles. The Balaban J connectivity index is 2.04. The monoisotopic (exact) mass is 272 g/mol. The normalized spacial score (nSPS) is 23.6. The minimum absolute atomic E-state index is 0.165. The molecule has 2 rings (SSSR count).